The van der Waals surface area contributed by atoms with Crippen molar-refractivity contribution in [3.05, 3.63) is 28.2 Å². The number of aliphatic carboxylic acids is 1. The van der Waals surface area contributed by atoms with E-state index in [1.165, 1.54) is 0 Å². The monoisotopic (exact) mass is 340 g/mol. The minimum Gasteiger partial charge on any atom is -0.481 e. The fraction of sp³-hybridized carbons (Fsp3) is 0.429. The van der Waals surface area contributed by atoms with Crippen molar-refractivity contribution in [3.8, 4) is 0 Å². The summed E-state index contributed by atoms with van der Waals surface area (Å²) < 4.78 is 0.712. The number of carboxylic acid groups (broad SMARTS) is 1. The van der Waals surface area contributed by atoms with Crippen LogP contribution in [0.4, 0.5) is 5.69 Å². The minimum atomic E-state index is -0.766. The van der Waals surface area contributed by atoms with Crippen molar-refractivity contribution in [2.24, 2.45) is 5.92 Å². The molecule has 0 saturated carbocycles. The number of carbonyl (C=O) groups excluding carboxylic acids is 1. The summed E-state index contributed by atoms with van der Waals surface area (Å²) in [7, 11) is 0. The molecule has 0 aliphatic carbocycles. The van der Waals surface area contributed by atoms with Crippen LogP contribution in [0.25, 0.3) is 0 Å². The number of piperidine rings is 1. The lowest BCUT2D eigenvalue weighted by Crippen LogP contribution is -2.38. The van der Waals surface area contributed by atoms with Crippen LogP contribution in [0.1, 0.15) is 29.6 Å². The van der Waals surface area contributed by atoms with E-state index in [4.69, 9.17) is 10.8 Å². The molecule has 20 heavy (non-hydrogen) atoms. The highest BCUT2D eigenvalue weighted by atomic mass is 79.9. The zero-order chi connectivity index (χ0) is 14.7. The van der Waals surface area contributed by atoms with Gasteiger partial charge in [0.05, 0.1) is 0 Å². The second-order valence-corrected chi connectivity index (χ2v) is 5.92. The van der Waals surface area contributed by atoms with Crippen molar-refractivity contribution >= 4 is 33.5 Å². The van der Waals surface area contributed by atoms with Crippen LogP contribution < -0.4 is 5.73 Å². The molecule has 0 aromatic heterocycles. The highest BCUT2D eigenvalue weighted by Crippen LogP contribution is 2.24. The summed E-state index contributed by atoms with van der Waals surface area (Å²) in [5, 5.41) is 8.78. The van der Waals surface area contributed by atoms with Gasteiger partial charge in [0.1, 0.15) is 0 Å². The number of amides is 1. The zero-order valence-corrected chi connectivity index (χ0v) is 12.6. The first kappa shape index (κ1) is 14.8. The van der Waals surface area contributed by atoms with Crippen LogP contribution in [0.2, 0.25) is 0 Å². The Hall–Kier alpha value is -1.56. The zero-order valence-electron chi connectivity index (χ0n) is 11.0. The molecule has 2 rings (SSSR count). The van der Waals surface area contributed by atoms with E-state index in [1.807, 2.05) is 0 Å². The molecule has 1 aromatic rings. The number of carbonyl (C=O) groups is 2. The molecule has 1 heterocycles. The van der Waals surface area contributed by atoms with Crippen molar-refractivity contribution in [1.82, 2.24) is 4.90 Å². The van der Waals surface area contributed by atoms with E-state index in [1.54, 1.807) is 23.1 Å². The Kier molecular flexibility index (Phi) is 4.65. The van der Waals surface area contributed by atoms with Gasteiger partial charge in [-0.15, -0.1) is 0 Å². The van der Waals surface area contributed by atoms with Crippen LogP contribution in [0.15, 0.2) is 22.7 Å². The van der Waals surface area contributed by atoms with Gasteiger partial charge >= 0.3 is 5.97 Å². The van der Waals surface area contributed by atoms with Crippen LogP contribution in [0.3, 0.4) is 0 Å². The molecule has 1 aromatic carbocycles. The molecular formula is C14H17BrN2O3. The fourth-order valence-electron chi connectivity index (χ4n) is 2.43. The van der Waals surface area contributed by atoms with Crippen LogP contribution in [-0.2, 0) is 4.79 Å². The Bertz CT molecular complexity index is 525. The van der Waals surface area contributed by atoms with E-state index >= 15 is 0 Å². The Balaban J connectivity index is 1.97. The van der Waals surface area contributed by atoms with Crippen molar-refractivity contribution in [1.29, 1.82) is 0 Å². The third kappa shape index (κ3) is 3.50. The van der Waals surface area contributed by atoms with Crippen LogP contribution in [0, 0.1) is 5.92 Å². The molecule has 1 fully saturated rings. The smallest absolute Gasteiger partial charge is 0.303 e. The van der Waals surface area contributed by atoms with Gasteiger partial charge in [0.25, 0.3) is 5.91 Å². The average Bonchev–Trinajstić information content (AvgIpc) is 2.41. The van der Waals surface area contributed by atoms with Crippen molar-refractivity contribution < 1.29 is 14.7 Å². The summed E-state index contributed by atoms with van der Waals surface area (Å²) in [6.07, 6.45) is 1.68. The number of halogens is 1. The molecule has 108 valence electrons. The molecule has 0 spiro atoms. The van der Waals surface area contributed by atoms with Crippen LogP contribution in [-0.4, -0.2) is 35.0 Å². The molecule has 3 N–H and O–H groups in total. The Morgan fingerprint density at radius 2 is 2.00 bits per heavy atom. The van der Waals surface area contributed by atoms with Gasteiger partial charge in [-0.2, -0.15) is 0 Å². The number of likely N-dealkylation sites (tertiary alicyclic amines) is 1. The lowest BCUT2D eigenvalue weighted by Gasteiger charge is -2.31. The first-order valence-electron chi connectivity index (χ1n) is 6.53. The van der Waals surface area contributed by atoms with Gasteiger partial charge in [0.2, 0.25) is 0 Å². The number of nitrogens with zero attached hydrogens (tertiary/aromatic N) is 1. The second kappa shape index (κ2) is 6.26. The summed E-state index contributed by atoms with van der Waals surface area (Å²) in [5.41, 5.74) is 6.90. The molecule has 1 aliphatic heterocycles. The second-order valence-electron chi connectivity index (χ2n) is 5.07. The van der Waals surface area contributed by atoms with Gasteiger partial charge in [-0.3, -0.25) is 9.59 Å². The number of benzene rings is 1. The van der Waals surface area contributed by atoms with Gasteiger partial charge in [-0.05, 0) is 52.9 Å². The van der Waals surface area contributed by atoms with Crippen LogP contribution in [0.5, 0.6) is 0 Å². The van der Waals surface area contributed by atoms with Gasteiger partial charge in [-0.25, -0.2) is 0 Å². The van der Waals surface area contributed by atoms with E-state index in [0.717, 1.165) is 12.8 Å². The minimum absolute atomic E-state index is 0.0283. The molecule has 0 bridgehead atoms. The van der Waals surface area contributed by atoms with Crippen molar-refractivity contribution in [2.45, 2.75) is 19.3 Å². The number of hydrogen-bond acceptors (Lipinski definition) is 3. The highest BCUT2D eigenvalue weighted by Gasteiger charge is 2.25. The van der Waals surface area contributed by atoms with E-state index in [-0.39, 0.29) is 18.2 Å². The summed E-state index contributed by atoms with van der Waals surface area (Å²) in [6, 6.07) is 5.14. The standard InChI is InChI=1S/C14H17BrN2O3/c15-11-8-10(1-2-12(11)16)14(20)17-5-3-9(4-6-17)7-13(18)19/h1-2,8-9H,3-7,16H2,(H,18,19). The van der Waals surface area contributed by atoms with E-state index < -0.39 is 5.97 Å². The first-order chi connectivity index (χ1) is 9.47. The lowest BCUT2D eigenvalue weighted by molar-refractivity contribution is -0.138. The molecule has 0 radical (unpaired) electrons. The highest BCUT2D eigenvalue weighted by molar-refractivity contribution is 9.10. The summed E-state index contributed by atoms with van der Waals surface area (Å²) >= 11 is 3.31. The SMILES string of the molecule is Nc1ccc(C(=O)N2CCC(CC(=O)O)CC2)cc1Br. The van der Waals surface area contributed by atoms with Gasteiger partial charge < -0.3 is 15.7 Å². The predicted octanol–water partition coefficient (Wildman–Crippen LogP) is 2.36. The number of rotatable bonds is 3. The number of nitrogen functional groups attached to an aromatic ring is 1. The van der Waals surface area contributed by atoms with E-state index in [2.05, 4.69) is 15.9 Å². The maximum atomic E-state index is 12.3. The Morgan fingerprint density at radius 1 is 1.35 bits per heavy atom. The fourth-order valence-corrected chi connectivity index (χ4v) is 2.81. The summed E-state index contributed by atoms with van der Waals surface area (Å²) in [6.45, 7) is 1.22. The molecular weight excluding hydrogens is 324 g/mol. The van der Waals surface area contributed by atoms with Crippen molar-refractivity contribution in [2.75, 3.05) is 18.8 Å². The van der Waals surface area contributed by atoms with Gasteiger partial charge in [0.15, 0.2) is 0 Å². The number of nitrogens with two attached hydrogens (primary N) is 1. The molecule has 5 nitrogen and oxygen atoms in total. The third-order valence-corrected chi connectivity index (χ3v) is 4.30. The quantitative estimate of drug-likeness (QED) is 0.827. The Labute approximate surface area is 125 Å². The maximum Gasteiger partial charge on any atom is 0.303 e. The van der Waals surface area contributed by atoms with Crippen molar-refractivity contribution in [3.63, 3.8) is 0 Å². The largest absolute Gasteiger partial charge is 0.481 e. The predicted molar refractivity (Wildman–Crippen MR) is 79.4 cm³/mol. The molecule has 1 saturated heterocycles. The number of hydrogen-bond donors (Lipinski definition) is 2. The third-order valence-electron chi connectivity index (χ3n) is 3.61. The number of anilines is 1. The normalized spacial score (nSPS) is 16.1. The molecule has 1 amide bonds. The van der Waals surface area contributed by atoms with Gasteiger partial charge in [0, 0.05) is 35.2 Å². The summed E-state index contributed by atoms with van der Waals surface area (Å²) in [5.74, 6) is -0.619. The van der Waals surface area contributed by atoms with E-state index in [9.17, 15) is 9.59 Å². The van der Waals surface area contributed by atoms with Crippen LogP contribution >= 0.6 is 15.9 Å². The lowest BCUT2D eigenvalue weighted by atomic mass is 9.93. The molecule has 0 atom stereocenters. The Morgan fingerprint density at radius 3 is 2.55 bits per heavy atom. The number of carboxylic acids is 1. The first-order valence-corrected chi connectivity index (χ1v) is 7.32. The maximum absolute atomic E-state index is 12.3. The molecule has 0 unspecified atom stereocenters. The summed E-state index contributed by atoms with van der Waals surface area (Å²) in [4.78, 5) is 24.8. The average molecular weight is 341 g/mol. The molecule has 1 aliphatic rings. The van der Waals surface area contributed by atoms with E-state index in [0.29, 0.717) is 28.8 Å². The topological polar surface area (TPSA) is 83.6 Å². The molecule has 6 heteroatoms. The van der Waals surface area contributed by atoms with Gasteiger partial charge in [-0.1, -0.05) is 0 Å².